The lowest BCUT2D eigenvalue weighted by atomic mass is 9.88. The van der Waals surface area contributed by atoms with E-state index in [9.17, 15) is 4.79 Å². The van der Waals surface area contributed by atoms with E-state index in [4.69, 9.17) is 9.15 Å². The fraction of sp³-hybridized carbons (Fsp3) is 0.296. The standard InChI is InChI=1S/C27H27N3O3/c1-3-32-27(31)14-20-16-33-25-12-11-19(13-22(20)25)24-15-26(29-17(2)28-24)30-23-10-6-8-18-7-4-5-9-21(18)23/h4-5,7,9,11-13,15-16,23H,3,6,8,10,14H2,1-2H3,(H,28,29,30). The maximum absolute atomic E-state index is 12.0. The third kappa shape index (κ3) is 4.46. The van der Waals surface area contributed by atoms with Gasteiger partial charge < -0.3 is 14.5 Å². The number of nitrogens with one attached hydrogen (secondary N) is 1. The zero-order chi connectivity index (χ0) is 22.8. The molecule has 0 fully saturated rings. The number of carbonyl (C=O) groups is 1. The van der Waals surface area contributed by atoms with E-state index in [0.29, 0.717) is 12.4 Å². The average molecular weight is 442 g/mol. The summed E-state index contributed by atoms with van der Waals surface area (Å²) in [5.74, 6) is 1.26. The van der Waals surface area contributed by atoms with Crippen molar-refractivity contribution in [2.75, 3.05) is 11.9 Å². The van der Waals surface area contributed by atoms with E-state index in [-0.39, 0.29) is 18.4 Å². The predicted molar refractivity (Wildman–Crippen MR) is 128 cm³/mol. The Kier molecular flexibility index (Phi) is 5.82. The van der Waals surface area contributed by atoms with Gasteiger partial charge in [0.1, 0.15) is 17.2 Å². The van der Waals surface area contributed by atoms with Crippen LogP contribution < -0.4 is 5.32 Å². The van der Waals surface area contributed by atoms with E-state index in [1.54, 1.807) is 13.2 Å². The number of fused-ring (bicyclic) bond motifs is 2. The van der Waals surface area contributed by atoms with E-state index in [0.717, 1.165) is 52.9 Å². The lowest BCUT2D eigenvalue weighted by Gasteiger charge is -2.27. The molecule has 0 bridgehead atoms. The highest BCUT2D eigenvalue weighted by molar-refractivity contribution is 5.89. The highest BCUT2D eigenvalue weighted by Gasteiger charge is 2.20. The molecule has 4 aromatic rings. The Morgan fingerprint density at radius 3 is 2.94 bits per heavy atom. The smallest absolute Gasteiger partial charge is 0.310 e. The summed E-state index contributed by atoms with van der Waals surface area (Å²) in [4.78, 5) is 21.3. The summed E-state index contributed by atoms with van der Waals surface area (Å²) >= 11 is 0. The normalized spacial score (nSPS) is 15.3. The Morgan fingerprint density at radius 2 is 2.06 bits per heavy atom. The van der Waals surface area contributed by atoms with Crippen LogP contribution in [0.3, 0.4) is 0 Å². The zero-order valence-corrected chi connectivity index (χ0v) is 18.9. The lowest BCUT2D eigenvalue weighted by molar-refractivity contribution is -0.142. The third-order valence-corrected chi connectivity index (χ3v) is 6.12. The molecule has 168 valence electrons. The molecule has 1 unspecified atom stereocenters. The predicted octanol–water partition coefficient (Wildman–Crippen LogP) is 5.79. The molecule has 2 aromatic carbocycles. The van der Waals surface area contributed by atoms with Gasteiger partial charge in [0.05, 0.1) is 31.0 Å². The van der Waals surface area contributed by atoms with Gasteiger partial charge in [0.25, 0.3) is 0 Å². The van der Waals surface area contributed by atoms with Crippen molar-refractivity contribution in [1.82, 2.24) is 9.97 Å². The first-order chi connectivity index (χ1) is 16.1. The van der Waals surface area contributed by atoms with E-state index < -0.39 is 0 Å². The number of esters is 1. The molecule has 0 radical (unpaired) electrons. The van der Waals surface area contributed by atoms with Crippen molar-refractivity contribution in [3.63, 3.8) is 0 Å². The maximum Gasteiger partial charge on any atom is 0.310 e. The van der Waals surface area contributed by atoms with Crippen LogP contribution in [0.15, 0.2) is 59.2 Å². The molecule has 1 aliphatic carbocycles. The van der Waals surface area contributed by atoms with E-state index >= 15 is 0 Å². The number of hydrogen-bond donors (Lipinski definition) is 1. The highest BCUT2D eigenvalue weighted by atomic mass is 16.5. The largest absolute Gasteiger partial charge is 0.466 e. The Hall–Kier alpha value is -3.67. The number of ether oxygens (including phenoxy) is 1. The molecule has 1 atom stereocenters. The number of aromatic nitrogens is 2. The van der Waals surface area contributed by atoms with Crippen LogP contribution in [-0.2, 0) is 22.4 Å². The minimum absolute atomic E-state index is 0.182. The third-order valence-electron chi connectivity index (χ3n) is 6.12. The molecule has 5 rings (SSSR count). The minimum Gasteiger partial charge on any atom is -0.466 e. The van der Waals surface area contributed by atoms with Gasteiger partial charge in [-0.25, -0.2) is 9.97 Å². The van der Waals surface area contributed by atoms with Crippen LogP contribution in [0, 0.1) is 6.92 Å². The van der Waals surface area contributed by atoms with Crippen molar-refractivity contribution >= 4 is 22.8 Å². The van der Waals surface area contributed by atoms with Gasteiger partial charge in [0, 0.05) is 22.6 Å². The number of rotatable bonds is 6. The number of nitrogens with zero attached hydrogens (tertiary/aromatic N) is 2. The van der Waals surface area contributed by atoms with E-state index in [2.05, 4.69) is 39.6 Å². The van der Waals surface area contributed by atoms with Crippen LogP contribution >= 0.6 is 0 Å². The molecule has 2 heterocycles. The van der Waals surface area contributed by atoms with Crippen LogP contribution in [0.25, 0.3) is 22.2 Å². The summed E-state index contributed by atoms with van der Waals surface area (Å²) in [6.45, 7) is 4.08. The number of anilines is 1. The number of benzene rings is 2. The monoisotopic (exact) mass is 441 g/mol. The molecule has 0 saturated carbocycles. The fourth-order valence-corrected chi connectivity index (χ4v) is 4.62. The van der Waals surface area contributed by atoms with Crippen molar-refractivity contribution in [3.05, 3.63) is 77.3 Å². The van der Waals surface area contributed by atoms with Gasteiger partial charge in [-0.1, -0.05) is 24.3 Å². The summed E-state index contributed by atoms with van der Waals surface area (Å²) in [7, 11) is 0. The molecule has 0 aliphatic heterocycles. The van der Waals surface area contributed by atoms with Gasteiger partial charge in [-0.05, 0) is 62.4 Å². The van der Waals surface area contributed by atoms with Crippen LogP contribution in [-0.4, -0.2) is 22.5 Å². The second-order valence-electron chi connectivity index (χ2n) is 8.43. The molecule has 6 nitrogen and oxygen atoms in total. The number of aryl methyl sites for hydroxylation is 2. The van der Waals surface area contributed by atoms with Crippen LogP contribution in [0.4, 0.5) is 5.82 Å². The second-order valence-corrected chi connectivity index (χ2v) is 8.43. The van der Waals surface area contributed by atoms with Crippen LogP contribution in [0.1, 0.15) is 48.3 Å². The van der Waals surface area contributed by atoms with Gasteiger partial charge in [-0.15, -0.1) is 0 Å². The summed E-state index contributed by atoms with van der Waals surface area (Å²) in [5.41, 5.74) is 6.09. The van der Waals surface area contributed by atoms with Crippen LogP contribution in [0.5, 0.6) is 0 Å². The first kappa shape index (κ1) is 21.2. The van der Waals surface area contributed by atoms with Gasteiger partial charge in [0.2, 0.25) is 0 Å². The Balaban J connectivity index is 1.45. The highest BCUT2D eigenvalue weighted by Crippen LogP contribution is 2.33. The molecule has 6 heteroatoms. The minimum atomic E-state index is -0.261. The molecular weight excluding hydrogens is 414 g/mol. The SMILES string of the molecule is CCOC(=O)Cc1coc2ccc(-c3cc(NC4CCCc5ccccc54)nc(C)n3)cc12. The fourth-order valence-electron chi connectivity index (χ4n) is 4.62. The first-order valence-corrected chi connectivity index (χ1v) is 11.5. The van der Waals surface area contributed by atoms with Crippen molar-refractivity contribution in [3.8, 4) is 11.3 Å². The van der Waals surface area contributed by atoms with Crippen molar-refractivity contribution in [1.29, 1.82) is 0 Å². The van der Waals surface area contributed by atoms with Crippen molar-refractivity contribution < 1.29 is 13.9 Å². The average Bonchev–Trinajstić information content (AvgIpc) is 3.21. The number of hydrogen-bond acceptors (Lipinski definition) is 6. The molecule has 33 heavy (non-hydrogen) atoms. The molecule has 2 aromatic heterocycles. The Labute approximate surface area is 193 Å². The summed E-state index contributed by atoms with van der Waals surface area (Å²) in [6, 6.07) is 16.8. The van der Waals surface area contributed by atoms with E-state index in [1.807, 2.05) is 31.2 Å². The van der Waals surface area contributed by atoms with Crippen molar-refractivity contribution in [2.24, 2.45) is 0 Å². The molecule has 0 saturated heterocycles. The molecule has 0 amide bonds. The van der Waals surface area contributed by atoms with Gasteiger partial charge in [-0.3, -0.25) is 4.79 Å². The summed E-state index contributed by atoms with van der Waals surface area (Å²) in [5, 5.41) is 4.54. The Morgan fingerprint density at radius 1 is 1.18 bits per heavy atom. The number of furan rings is 1. The van der Waals surface area contributed by atoms with Gasteiger partial charge in [0.15, 0.2) is 0 Å². The Bertz CT molecular complexity index is 1310. The lowest BCUT2D eigenvalue weighted by Crippen LogP contribution is -2.18. The molecule has 0 spiro atoms. The van der Waals surface area contributed by atoms with Gasteiger partial charge >= 0.3 is 5.97 Å². The zero-order valence-electron chi connectivity index (χ0n) is 18.9. The molecular formula is C27H27N3O3. The maximum atomic E-state index is 12.0. The number of carbonyl (C=O) groups excluding carboxylic acids is 1. The van der Waals surface area contributed by atoms with Crippen molar-refractivity contribution in [2.45, 2.75) is 45.6 Å². The summed E-state index contributed by atoms with van der Waals surface area (Å²) in [6.07, 6.45) is 5.17. The van der Waals surface area contributed by atoms with Gasteiger partial charge in [-0.2, -0.15) is 0 Å². The topological polar surface area (TPSA) is 77.2 Å². The quantitative estimate of drug-likeness (QED) is 0.382. The molecule has 1 N–H and O–H groups in total. The second kappa shape index (κ2) is 9.06. The van der Waals surface area contributed by atoms with E-state index in [1.165, 1.54) is 11.1 Å². The first-order valence-electron chi connectivity index (χ1n) is 11.5. The summed E-state index contributed by atoms with van der Waals surface area (Å²) < 4.78 is 10.7. The molecule has 1 aliphatic rings. The van der Waals surface area contributed by atoms with Crippen LogP contribution in [0.2, 0.25) is 0 Å².